The molecule has 0 unspecified atom stereocenters. The van der Waals surface area contributed by atoms with Gasteiger partial charge in [0.1, 0.15) is 0 Å². The number of unbranched alkanes of at least 4 members (excludes halogenated alkanes) is 1. The molecule has 84 valence electrons. The van der Waals surface area contributed by atoms with Crippen molar-refractivity contribution in [2.24, 2.45) is 0 Å². The fourth-order valence-corrected chi connectivity index (χ4v) is 1.45. The third-order valence-corrected chi connectivity index (χ3v) is 6.96. The number of rotatable bonds is 4. The molecule has 0 spiro atoms. The minimum atomic E-state index is -1.50. The zero-order valence-corrected chi connectivity index (χ0v) is 16.2. The maximum absolute atomic E-state index is 5.85. The molecule has 0 heterocycles. The van der Waals surface area contributed by atoms with E-state index < -0.39 is 8.32 Å². The summed E-state index contributed by atoms with van der Waals surface area (Å²) in [6.07, 6.45) is 2.25. The van der Waals surface area contributed by atoms with Gasteiger partial charge in [-0.3, -0.25) is 0 Å². The molecule has 0 fully saturated rings. The molecule has 0 atom stereocenters. The van der Waals surface area contributed by atoms with Crippen molar-refractivity contribution in [3.05, 3.63) is 6.61 Å². The molecule has 0 amide bonds. The van der Waals surface area contributed by atoms with E-state index in [1.54, 1.807) is 0 Å². The normalized spacial score (nSPS) is 11.6. The summed E-state index contributed by atoms with van der Waals surface area (Å²) in [6, 6.07) is 0. The largest absolute Gasteiger partial charge is 0.592 e. The maximum atomic E-state index is 5.85. The van der Waals surface area contributed by atoms with Crippen LogP contribution >= 0.6 is 17.0 Å². The van der Waals surface area contributed by atoms with Crippen LogP contribution in [0.25, 0.3) is 0 Å². The van der Waals surface area contributed by atoms with E-state index in [0.717, 1.165) is 6.42 Å². The van der Waals surface area contributed by atoms with Crippen LogP contribution in [0.4, 0.5) is 0 Å². The third kappa shape index (κ3) is 7.56. The molecule has 0 aliphatic rings. The van der Waals surface area contributed by atoms with Crippen molar-refractivity contribution in [2.45, 2.75) is 58.7 Å². The van der Waals surface area contributed by atoms with Crippen LogP contribution < -0.4 is 0 Å². The first kappa shape index (κ1) is 20.7. The van der Waals surface area contributed by atoms with E-state index in [2.05, 4.69) is 40.8 Å². The quantitative estimate of drug-likeness (QED) is 0.417. The Kier molecular flexibility index (Phi) is 12.4. The molecule has 0 aromatic heterocycles. The molecule has 0 radical (unpaired) electrons. The molecule has 0 aliphatic carbocycles. The summed E-state index contributed by atoms with van der Waals surface area (Å²) in [5, 5.41) is 0.331. The Labute approximate surface area is 114 Å². The number of hydrogen-bond donors (Lipinski definition) is 0. The van der Waals surface area contributed by atoms with Crippen LogP contribution in [0.5, 0.6) is 0 Å². The topological polar surface area (TPSA) is 9.23 Å². The summed E-state index contributed by atoms with van der Waals surface area (Å²) in [7, 11) is -1.50. The summed E-state index contributed by atoms with van der Waals surface area (Å²) in [4.78, 5) is 0. The fourth-order valence-electron chi connectivity index (χ4n) is 0.562. The van der Waals surface area contributed by atoms with E-state index in [1.807, 2.05) is 6.61 Å². The molecule has 4 heteroatoms. The SMILES string of the molecule is Br.CCC[CH-]O[Si](C)(C)C(C)(C)C.[Zn]. The van der Waals surface area contributed by atoms with E-state index >= 15 is 0 Å². The average Bonchev–Trinajstić information content (AvgIpc) is 1.85. The smallest absolute Gasteiger partial charge is 0.158 e. The second kappa shape index (κ2) is 8.43. The van der Waals surface area contributed by atoms with Gasteiger partial charge >= 0.3 is 0 Å². The van der Waals surface area contributed by atoms with Crippen LogP contribution in [-0.4, -0.2) is 8.32 Å². The van der Waals surface area contributed by atoms with Gasteiger partial charge < -0.3 is 4.43 Å². The minimum absolute atomic E-state index is 0. The van der Waals surface area contributed by atoms with Crippen LogP contribution in [0.1, 0.15) is 40.5 Å². The van der Waals surface area contributed by atoms with Crippen molar-refractivity contribution in [3.8, 4) is 0 Å². The van der Waals surface area contributed by atoms with Gasteiger partial charge in [-0.1, -0.05) is 34.1 Å². The Morgan fingerprint density at radius 3 is 1.93 bits per heavy atom. The standard InChI is InChI=1S/C10H23OSi.BrH.Zn/c1-7-8-9-11-12(5,6)10(2,3)4;;/h9H,7-8H2,1-6H3;1H;/q-1;;. The summed E-state index contributed by atoms with van der Waals surface area (Å²) < 4.78 is 5.85. The molecule has 0 aromatic rings. The van der Waals surface area contributed by atoms with Crippen molar-refractivity contribution in [3.63, 3.8) is 0 Å². The molecule has 0 N–H and O–H groups in total. The molecule has 0 saturated carbocycles. The summed E-state index contributed by atoms with van der Waals surface area (Å²) in [5.74, 6) is 0. The van der Waals surface area contributed by atoms with Crippen LogP contribution in [0.2, 0.25) is 18.1 Å². The Bertz CT molecular complexity index is 135. The molecule has 0 bridgehead atoms. The van der Waals surface area contributed by atoms with E-state index in [9.17, 15) is 0 Å². The second-order valence-corrected chi connectivity index (χ2v) is 9.59. The van der Waals surface area contributed by atoms with Gasteiger partial charge in [-0.25, -0.2) is 6.61 Å². The zero-order chi connectivity index (χ0) is 9.83. The summed E-state index contributed by atoms with van der Waals surface area (Å²) in [6.45, 7) is 15.5. The molecular formula is C10H24BrOSiZn-. The van der Waals surface area contributed by atoms with Crippen LogP contribution in [0, 0.1) is 6.61 Å². The minimum Gasteiger partial charge on any atom is -0.592 e. The summed E-state index contributed by atoms with van der Waals surface area (Å²) >= 11 is 0. The first-order valence-corrected chi connectivity index (χ1v) is 7.71. The molecule has 14 heavy (non-hydrogen) atoms. The van der Waals surface area contributed by atoms with Gasteiger partial charge in [-0.15, -0.1) is 17.0 Å². The average molecular weight is 334 g/mol. The molecule has 0 aliphatic heterocycles. The van der Waals surface area contributed by atoms with Gasteiger partial charge in [0.25, 0.3) is 0 Å². The molecule has 0 rings (SSSR count). The fraction of sp³-hybridized carbons (Fsp3) is 0.900. The molecule has 1 nitrogen and oxygen atoms in total. The predicted octanol–water partition coefficient (Wildman–Crippen LogP) is 4.55. The van der Waals surface area contributed by atoms with Gasteiger partial charge in [0.05, 0.1) is 0 Å². The van der Waals surface area contributed by atoms with Crippen molar-refractivity contribution in [2.75, 3.05) is 0 Å². The second-order valence-electron chi connectivity index (χ2n) is 4.83. The monoisotopic (exact) mass is 331 g/mol. The van der Waals surface area contributed by atoms with Gasteiger partial charge in [-0.2, -0.15) is 6.42 Å². The Hall–Kier alpha value is 1.28. The Morgan fingerprint density at radius 2 is 1.64 bits per heavy atom. The van der Waals surface area contributed by atoms with Gasteiger partial charge in [0, 0.05) is 19.5 Å². The van der Waals surface area contributed by atoms with Gasteiger partial charge in [0.15, 0.2) is 8.32 Å². The first-order valence-electron chi connectivity index (χ1n) is 4.81. The predicted molar refractivity (Wildman–Crippen MR) is 67.8 cm³/mol. The molecular weight excluding hydrogens is 309 g/mol. The van der Waals surface area contributed by atoms with Crippen molar-refractivity contribution < 1.29 is 23.9 Å². The maximum Gasteiger partial charge on any atom is 0.158 e. The Balaban J connectivity index is -0.000000605. The van der Waals surface area contributed by atoms with E-state index in [-0.39, 0.29) is 36.5 Å². The van der Waals surface area contributed by atoms with Gasteiger partial charge in [-0.05, 0) is 18.1 Å². The number of halogens is 1. The van der Waals surface area contributed by atoms with Crippen molar-refractivity contribution in [1.29, 1.82) is 0 Å². The Morgan fingerprint density at radius 1 is 1.21 bits per heavy atom. The van der Waals surface area contributed by atoms with E-state index in [0.29, 0.717) is 5.04 Å². The van der Waals surface area contributed by atoms with E-state index in [4.69, 9.17) is 4.43 Å². The zero-order valence-electron chi connectivity index (χ0n) is 10.5. The van der Waals surface area contributed by atoms with Crippen molar-refractivity contribution in [1.82, 2.24) is 0 Å². The van der Waals surface area contributed by atoms with Crippen LogP contribution in [0.3, 0.4) is 0 Å². The van der Waals surface area contributed by atoms with E-state index in [1.165, 1.54) is 6.42 Å². The number of hydrogen-bond acceptors (Lipinski definition) is 1. The van der Waals surface area contributed by atoms with Gasteiger partial charge in [0.2, 0.25) is 0 Å². The summed E-state index contributed by atoms with van der Waals surface area (Å²) in [5.41, 5.74) is 0. The van der Waals surface area contributed by atoms with Crippen LogP contribution in [-0.2, 0) is 23.9 Å². The van der Waals surface area contributed by atoms with Crippen molar-refractivity contribution >= 4 is 25.3 Å². The third-order valence-electron chi connectivity index (χ3n) is 2.59. The molecule has 0 saturated heterocycles. The first-order chi connectivity index (χ1) is 5.31. The molecule has 0 aromatic carbocycles. The van der Waals surface area contributed by atoms with Crippen LogP contribution in [0.15, 0.2) is 0 Å².